The number of carboxylic acid groups (broad SMARTS) is 1. The lowest BCUT2D eigenvalue weighted by molar-refractivity contribution is -0.153. The average molecular weight is 402 g/mol. The summed E-state index contributed by atoms with van der Waals surface area (Å²) in [6.07, 6.45) is -0.610. The molecule has 0 unspecified atom stereocenters. The van der Waals surface area contributed by atoms with Gasteiger partial charge in [0.1, 0.15) is 12.4 Å². The number of benzene rings is 2. The molecule has 0 aromatic heterocycles. The molecule has 2 aromatic rings. The van der Waals surface area contributed by atoms with E-state index in [-0.39, 0.29) is 6.10 Å². The number of carboxylic acids is 1. The van der Waals surface area contributed by atoms with Crippen molar-refractivity contribution in [2.75, 3.05) is 30.3 Å². The smallest absolute Gasteiger partial charge is 0.333 e. The molecule has 1 N–H and O–H groups in total. The standard InChI is InChI=1S/C22H27NO4S/c1-16(2)27-20(22(24)25)15-17-7-9-18(10-8-17)26-13-11-23-12-14-28-21-6-4-3-5-19(21)23/h3-10,16,20H,11-15H2,1-2H3,(H,24,25)/t20-/m0/s1. The van der Waals surface area contributed by atoms with Crippen molar-refractivity contribution in [1.29, 1.82) is 0 Å². The molecule has 1 aliphatic heterocycles. The van der Waals surface area contributed by atoms with Gasteiger partial charge in [0.05, 0.1) is 18.3 Å². The normalized spacial score (nSPS) is 14.6. The molecule has 150 valence electrons. The van der Waals surface area contributed by atoms with E-state index in [4.69, 9.17) is 9.47 Å². The number of rotatable bonds is 9. The predicted octanol–water partition coefficient (Wildman–Crippen LogP) is 4.10. The van der Waals surface area contributed by atoms with E-state index in [9.17, 15) is 9.90 Å². The Morgan fingerprint density at radius 3 is 2.64 bits per heavy atom. The molecule has 1 atom stereocenters. The average Bonchev–Trinajstić information content (AvgIpc) is 2.68. The Kier molecular flexibility index (Phi) is 7.23. The molecule has 2 aromatic carbocycles. The second-order valence-corrected chi connectivity index (χ2v) is 8.15. The van der Waals surface area contributed by atoms with Crippen LogP contribution in [0, 0.1) is 0 Å². The quantitative estimate of drug-likeness (QED) is 0.683. The van der Waals surface area contributed by atoms with E-state index in [1.54, 1.807) is 0 Å². The van der Waals surface area contributed by atoms with Crippen LogP contribution in [0.1, 0.15) is 19.4 Å². The van der Waals surface area contributed by atoms with Crippen LogP contribution < -0.4 is 9.64 Å². The molecule has 6 heteroatoms. The van der Waals surface area contributed by atoms with Crippen LogP contribution in [0.3, 0.4) is 0 Å². The summed E-state index contributed by atoms with van der Waals surface area (Å²) in [4.78, 5) is 15.0. The fourth-order valence-corrected chi connectivity index (χ4v) is 4.24. The van der Waals surface area contributed by atoms with Crippen molar-refractivity contribution in [3.63, 3.8) is 0 Å². The molecule has 0 bridgehead atoms. The fraction of sp³-hybridized carbons (Fsp3) is 0.409. The minimum Gasteiger partial charge on any atom is -0.492 e. The van der Waals surface area contributed by atoms with E-state index in [0.29, 0.717) is 13.0 Å². The lowest BCUT2D eigenvalue weighted by Crippen LogP contribution is -2.33. The van der Waals surface area contributed by atoms with Crippen LogP contribution in [0.25, 0.3) is 0 Å². The zero-order valence-electron chi connectivity index (χ0n) is 16.3. The Morgan fingerprint density at radius 1 is 1.18 bits per heavy atom. The van der Waals surface area contributed by atoms with Gasteiger partial charge in [-0.3, -0.25) is 0 Å². The van der Waals surface area contributed by atoms with Crippen molar-refractivity contribution in [1.82, 2.24) is 0 Å². The molecular formula is C22H27NO4S. The number of thioether (sulfide) groups is 1. The van der Waals surface area contributed by atoms with Gasteiger partial charge >= 0.3 is 5.97 Å². The third kappa shape index (κ3) is 5.66. The van der Waals surface area contributed by atoms with E-state index >= 15 is 0 Å². The van der Waals surface area contributed by atoms with E-state index in [1.165, 1.54) is 10.6 Å². The number of carbonyl (C=O) groups is 1. The van der Waals surface area contributed by atoms with Gasteiger partial charge in [0.15, 0.2) is 6.10 Å². The van der Waals surface area contributed by atoms with Gasteiger partial charge in [-0.05, 0) is 43.7 Å². The first kappa shape index (κ1) is 20.6. The number of fused-ring (bicyclic) bond motifs is 1. The van der Waals surface area contributed by atoms with Crippen molar-refractivity contribution < 1.29 is 19.4 Å². The van der Waals surface area contributed by atoms with Crippen molar-refractivity contribution >= 4 is 23.4 Å². The van der Waals surface area contributed by atoms with Crippen molar-refractivity contribution in [2.45, 2.75) is 37.4 Å². The number of ether oxygens (including phenoxy) is 2. The number of hydrogen-bond acceptors (Lipinski definition) is 5. The Balaban J connectivity index is 1.50. The molecule has 1 aliphatic rings. The number of nitrogens with zero attached hydrogens (tertiary/aromatic N) is 1. The summed E-state index contributed by atoms with van der Waals surface area (Å²) in [6, 6.07) is 16.1. The summed E-state index contributed by atoms with van der Waals surface area (Å²) in [6.45, 7) is 6.14. The van der Waals surface area contributed by atoms with Gasteiger partial charge in [-0.1, -0.05) is 24.3 Å². The first-order valence-electron chi connectivity index (χ1n) is 9.59. The van der Waals surface area contributed by atoms with Gasteiger partial charge in [-0.2, -0.15) is 0 Å². The molecule has 0 saturated carbocycles. The van der Waals surface area contributed by atoms with E-state index in [0.717, 1.165) is 30.2 Å². The Hall–Kier alpha value is -2.18. The van der Waals surface area contributed by atoms with Gasteiger partial charge in [-0.15, -0.1) is 11.8 Å². The summed E-state index contributed by atoms with van der Waals surface area (Å²) in [5, 5.41) is 9.29. The van der Waals surface area contributed by atoms with Gasteiger partial charge in [-0.25, -0.2) is 4.79 Å². The summed E-state index contributed by atoms with van der Waals surface area (Å²) in [5.74, 6) is 0.948. The highest BCUT2D eigenvalue weighted by molar-refractivity contribution is 7.99. The highest BCUT2D eigenvalue weighted by Gasteiger charge is 2.20. The summed E-state index contributed by atoms with van der Waals surface area (Å²) in [5.41, 5.74) is 2.20. The maximum atomic E-state index is 11.3. The van der Waals surface area contributed by atoms with Crippen LogP contribution in [0.2, 0.25) is 0 Å². The Labute approximate surface area is 170 Å². The molecule has 0 radical (unpaired) electrons. The van der Waals surface area contributed by atoms with E-state index < -0.39 is 12.1 Å². The minimum atomic E-state index is -0.936. The first-order chi connectivity index (χ1) is 13.5. The third-order valence-electron chi connectivity index (χ3n) is 4.51. The zero-order chi connectivity index (χ0) is 19.9. The number of aliphatic carboxylic acids is 1. The van der Waals surface area contributed by atoms with Crippen LogP contribution in [-0.4, -0.2) is 48.7 Å². The SMILES string of the molecule is CC(C)O[C@@H](Cc1ccc(OCCN2CCSc3ccccc32)cc1)C(=O)O. The van der Waals surface area contributed by atoms with Crippen molar-refractivity contribution in [3.05, 3.63) is 54.1 Å². The van der Waals surface area contributed by atoms with Gasteiger partial charge in [0.25, 0.3) is 0 Å². The first-order valence-corrected chi connectivity index (χ1v) is 10.6. The molecule has 0 aliphatic carbocycles. The van der Waals surface area contributed by atoms with Crippen molar-refractivity contribution in [3.8, 4) is 5.75 Å². The van der Waals surface area contributed by atoms with E-state index in [1.807, 2.05) is 49.9 Å². The van der Waals surface area contributed by atoms with Crippen LogP contribution in [0.15, 0.2) is 53.4 Å². The summed E-state index contributed by atoms with van der Waals surface area (Å²) in [7, 11) is 0. The fourth-order valence-electron chi connectivity index (χ4n) is 3.19. The second-order valence-electron chi connectivity index (χ2n) is 7.01. The Morgan fingerprint density at radius 2 is 1.93 bits per heavy atom. The summed E-state index contributed by atoms with van der Waals surface area (Å²) >= 11 is 1.90. The van der Waals surface area contributed by atoms with Crippen LogP contribution >= 0.6 is 11.8 Å². The molecule has 5 nitrogen and oxygen atoms in total. The molecular weight excluding hydrogens is 374 g/mol. The molecule has 0 spiro atoms. The zero-order valence-corrected chi connectivity index (χ0v) is 17.2. The number of hydrogen-bond donors (Lipinski definition) is 1. The molecule has 1 heterocycles. The Bertz CT molecular complexity index is 778. The predicted molar refractivity (Wildman–Crippen MR) is 113 cm³/mol. The topological polar surface area (TPSA) is 59.0 Å². The molecule has 0 amide bonds. The monoisotopic (exact) mass is 401 g/mol. The molecule has 28 heavy (non-hydrogen) atoms. The largest absolute Gasteiger partial charge is 0.492 e. The van der Waals surface area contributed by atoms with Crippen LogP contribution in [0.5, 0.6) is 5.75 Å². The molecule has 0 saturated heterocycles. The lowest BCUT2D eigenvalue weighted by Gasteiger charge is -2.30. The maximum absolute atomic E-state index is 11.3. The molecule has 3 rings (SSSR count). The van der Waals surface area contributed by atoms with Crippen LogP contribution in [0.4, 0.5) is 5.69 Å². The maximum Gasteiger partial charge on any atom is 0.333 e. The summed E-state index contributed by atoms with van der Waals surface area (Å²) < 4.78 is 11.4. The number of anilines is 1. The minimum absolute atomic E-state index is 0.123. The van der Waals surface area contributed by atoms with Gasteiger partial charge < -0.3 is 19.5 Å². The third-order valence-corrected chi connectivity index (χ3v) is 5.55. The number of para-hydroxylation sites is 1. The highest BCUT2D eigenvalue weighted by atomic mass is 32.2. The highest BCUT2D eigenvalue weighted by Crippen LogP contribution is 2.33. The van der Waals surface area contributed by atoms with Gasteiger partial charge in [0.2, 0.25) is 0 Å². The second kappa shape index (κ2) is 9.85. The van der Waals surface area contributed by atoms with Crippen LogP contribution in [-0.2, 0) is 16.0 Å². The lowest BCUT2D eigenvalue weighted by atomic mass is 10.1. The van der Waals surface area contributed by atoms with E-state index in [2.05, 4.69) is 29.2 Å². The molecule has 0 fully saturated rings. The van der Waals surface area contributed by atoms with Gasteiger partial charge in [0, 0.05) is 23.6 Å². The van der Waals surface area contributed by atoms with Crippen molar-refractivity contribution in [2.24, 2.45) is 0 Å².